The highest BCUT2D eigenvalue weighted by Gasteiger charge is 2.42. The lowest BCUT2D eigenvalue weighted by Gasteiger charge is -2.33. The molecule has 0 bridgehead atoms. The minimum atomic E-state index is -2.07. The number of nitrogens with zero attached hydrogens (tertiary/aromatic N) is 3. The van der Waals surface area contributed by atoms with Crippen LogP contribution in [-0.2, 0) is 21.7 Å². The van der Waals surface area contributed by atoms with Crippen molar-refractivity contribution in [2.24, 2.45) is 11.8 Å². The van der Waals surface area contributed by atoms with Crippen LogP contribution in [0, 0.1) is 11.8 Å². The number of phenols is 1. The van der Waals surface area contributed by atoms with Crippen LogP contribution in [0.2, 0.25) is 0 Å². The third-order valence-electron chi connectivity index (χ3n) is 12.4. The largest absolute Gasteiger partial charge is 0.506 e. The first-order valence-electron chi connectivity index (χ1n) is 21.5. The van der Waals surface area contributed by atoms with E-state index >= 15 is 0 Å². The van der Waals surface area contributed by atoms with Gasteiger partial charge in [0.15, 0.2) is 0 Å². The van der Waals surface area contributed by atoms with E-state index < -0.39 is 17.7 Å². The molecule has 0 spiro atoms. The number of nitrogens with one attached hydrogen (secondary N) is 2. The smallest absolute Gasteiger partial charge is 0.347 e. The van der Waals surface area contributed by atoms with Crippen LogP contribution in [-0.4, -0.2) is 92.8 Å². The Bertz CT molecular complexity index is 2540. The van der Waals surface area contributed by atoms with E-state index in [9.17, 15) is 29.7 Å². The summed E-state index contributed by atoms with van der Waals surface area (Å²) in [6.07, 6.45) is 4.13. The number of fused-ring (bicyclic) bond motifs is 1. The van der Waals surface area contributed by atoms with E-state index in [2.05, 4.69) is 44.5 Å². The molecule has 320 valence electrons. The molecule has 8 rings (SSSR count). The molecule has 2 fully saturated rings. The number of benzene rings is 4. The molecule has 2 saturated heterocycles. The Balaban J connectivity index is 0.875. The Kier molecular flexibility index (Phi) is 13.2. The number of carbonyl (C=O) groups is 2. The van der Waals surface area contributed by atoms with E-state index in [0.717, 1.165) is 45.3 Å². The predicted molar refractivity (Wildman–Crippen MR) is 237 cm³/mol. The number of rotatable bonds is 14. The number of H-pyrrole nitrogens is 1. The van der Waals surface area contributed by atoms with Gasteiger partial charge in [-0.05, 0) is 104 Å². The Hall–Kier alpha value is -6.18. The van der Waals surface area contributed by atoms with Crippen molar-refractivity contribution >= 4 is 22.8 Å². The summed E-state index contributed by atoms with van der Waals surface area (Å²) in [6, 6.07) is 35.9. The maximum atomic E-state index is 14.0. The number of esters is 1. The summed E-state index contributed by atoms with van der Waals surface area (Å²) in [5.41, 5.74) is 2.20. The first-order valence-corrected chi connectivity index (χ1v) is 21.5. The van der Waals surface area contributed by atoms with E-state index in [0.29, 0.717) is 76.5 Å². The normalized spacial score (nSPS) is 16.8. The molecule has 0 saturated carbocycles. The van der Waals surface area contributed by atoms with Gasteiger partial charge in [0, 0.05) is 60.5 Å². The highest BCUT2D eigenvalue weighted by atomic mass is 16.5. The number of aromatic hydroxyl groups is 1. The van der Waals surface area contributed by atoms with Crippen LogP contribution >= 0.6 is 0 Å². The Morgan fingerprint density at radius 1 is 0.823 bits per heavy atom. The number of amides is 1. The van der Waals surface area contributed by atoms with Gasteiger partial charge in [-0.1, -0.05) is 84.9 Å². The molecule has 62 heavy (non-hydrogen) atoms. The maximum Gasteiger partial charge on any atom is 0.347 e. The lowest BCUT2D eigenvalue weighted by molar-refractivity contribution is -0.164. The topological polar surface area (TPSA) is 168 Å². The second kappa shape index (κ2) is 19.3. The lowest BCUT2D eigenvalue weighted by atomic mass is 9.85. The van der Waals surface area contributed by atoms with Crippen LogP contribution in [0.1, 0.15) is 64.4 Å². The van der Waals surface area contributed by atoms with Gasteiger partial charge in [0.2, 0.25) is 11.2 Å². The fourth-order valence-corrected chi connectivity index (χ4v) is 8.76. The first kappa shape index (κ1) is 42.5. The number of phenolic OH excluding ortho intramolecular Hbond substituents is 1. The Morgan fingerprint density at radius 2 is 1.53 bits per heavy atom. The van der Waals surface area contributed by atoms with Crippen molar-refractivity contribution in [2.45, 2.75) is 43.9 Å². The molecule has 5 N–H and O–H groups in total. The number of ether oxygens (including phenoxy) is 1. The lowest BCUT2D eigenvalue weighted by Crippen LogP contribution is -2.41. The van der Waals surface area contributed by atoms with Crippen LogP contribution in [0.15, 0.2) is 132 Å². The molecular formula is C50H53N5O7. The summed E-state index contributed by atoms with van der Waals surface area (Å²) in [5.74, 6) is -0.383. The van der Waals surface area contributed by atoms with Gasteiger partial charge < -0.3 is 35.3 Å². The molecule has 0 radical (unpaired) electrons. The van der Waals surface area contributed by atoms with Crippen LogP contribution in [0.4, 0.5) is 0 Å². The molecule has 1 amide bonds. The van der Waals surface area contributed by atoms with Crippen molar-refractivity contribution in [3.8, 4) is 17.0 Å². The number of aliphatic hydroxyl groups is 2. The molecule has 2 aliphatic rings. The fourth-order valence-electron chi connectivity index (χ4n) is 8.76. The summed E-state index contributed by atoms with van der Waals surface area (Å²) in [6.45, 7) is 5.05. The average Bonchev–Trinajstić information content (AvgIpc) is 3.32. The number of aliphatic hydroxyl groups excluding tert-OH is 1. The second-order valence-electron chi connectivity index (χ2n) is 16.6. The molecule has 12 nitrogen and oxygen atoms in total. The number of piperidine rings is 2. The molecule has 2 atom stereocenters. The third-order valence-corrected chi connectivity index (χ3v) is 12.4. The third kappa shape index (κ3) is 9.64. The van der Waals surface area contributed by atoms with Gasteiger partial charge in [0.1, 0.15) is 5.75 Å². The molecule has 4 aromatic carbocycles. The monoisotopic (exact) mass is 835 g/mol. The molecular weight excluding hydrogens is 783 g/mol. The van der Waals surface area contributed by atoms with E-state index in [1.54, 1.807) is 72.9 Å². The van der Waals surface area contributed by atoms with Gasteiger partial charge in [-0.15, -0.1) is 0 Å². The molecule has 4 heterocycles. The standard InChI is InChI=1S/C50H53N5O7/c56-44-16-14-41(42-15-17-46(58)53-47(42)44)45(57)31-51-30-34-21-26-55(27-22-34)48(59)38-18-23-52-43(29-38)37-10-7-13-40(28-37)50(61,39-11-5-2-6-12-39)49(60)62-33-36-19-24-54(25-20-36)32-35-8-3-1-4-9-35/h1-18,23,28-29,34,36,45,51,56-57,61H,19-22,24-27,30-33H2,(H,53,58). The SMILES string of the molecule is O=C(c1ccnc(-c2cccc(C(O)(C(=O)OCC3CCN(Cc4ccccc4)CC3)c3ccccc3)c2)c1)N1CCC(CNCC(O)c2ccc(O)c3[nH]c(=O)ccc23)CC1. The summed E-state index contributed by atoms with van der Waals surface area (Å²) in [7, 11) is 0. The zero-order chi connectivity index (χ0) is 43.1. The highest BCUT2D eigenvalue weighted by Crippen LogP contribution is 2.35. The quantitative estimate of drug-likeness (QED) is 0.0802. The van der Waals surface area contributed by atoms with E-state index in [4.69, 9.17) is 4.74 Å². The van der Waals surface area contributed by atoms with Gasteiger partial charge in [-0.2, -0.15) is 0 Å². The number of pyridine rings is 2. The number of aromatic nitrogens is 2. The van der Waals surface area contributed by atoms with Gasteiger partial charge in [0.25, 0.3) is 5.91 Å². The van der Waals surface area contributed by atoms with Gasteiger partial charge in [-0.25, -0.2) is 4.79 Å². The van der Waals surface area contributed by atoms with Crippen molar-refractivity contribution in [2.75, 3.05) is 45.9 Å². The average molecular weight is 836 g/mol. The molecule has 6 aromatic rings. The molecule has 2 aromatic heterocycles. The maximum absolute atomic E-state index is 14.0. The second-order valence-corrected chi connectivity index (χ2v) is 16.6. The van der Waals surface area contributed by atoms with Gasteiger partial charge >= 0.3 is 5.97 Å². The first-order chi connectivity index (χ1) is 30.2. The number of hydrogen-bond acceptors (Lipinski definition) is 10. The number of carbonyl (C=O) groups excluding carboxylic acids is 2. The summed E-state index contributed by atoms with van der Waals surface area (Å²) in [5, 5.41) is 37.5. The van der Waals surface area contributed by atoms with Crippen molar-refractivity contribution in [3.05, 3.63) is 166 Å². The summed E-state index contributed by atoms with van der Waals surface area (Å²) >= 11 is 0. The van der Waals surface area contributed by atoms with E-state index in [1.807, 2.05) is 23.1 Å². The van der Waals surface area contributed by atoms with Gasteiger partial charge in [0.05, 0.1) is 23.9 Å². The number of hydrogen-bond donors (Lipinski definition) is 5. The predicted octanol–water partition coefficient (Wildman–Crippen LogP) is 6.16. The molecule has 12 heteroatoms. The van der Waals surface area contributed by atoms with Crippen molar-refractivity contribution < 1.29 is 29.6 Å². The van der Waals surface area contributed by atoms with Crippen LogP contribution in [0.25, 0.3) is 22.2 Å². The molecule has 2 unspecified atom stereocenters. The van der Waals surface area contributed by atoms with Crippen molar-refractivity contribution in [1.82, 2.24) is 25.1 Å². The Morgan fingerprint density at radius 3 is 2.29 bits per heavy atom. The number of likely N-dealkylation sites (tertiary alicyclic amines) is 2. The zero-order valence-electron chi connectivity index (χ0n) is 34.7. The minimum Gasteiger partial charge on any atom is -0.506 e. The van der Waals surface area contributed by atoms with E-state index in [-0.39, 0.29) is 29.7 Å². The molecule has 2 aliphatic heterocycles. The highest BCUT2D eigenvalue weighted by molar-refractivity contribution is 5.95. The van der Waals surface area contributed by atoms with Gasteiger partial charge in [-0.3, -0.25) is 19.5 Å². The summed E-state index contributed by atoms with van der Waals surface area (Å²) in [4.78, 5) is 51.1. The van der Waals surface area contributed by atoms with Crippen molar-refractivity contribution in [1.29, 1.82) is 0 Å². The van der Waals surface area contributed by atoms with Crippen LogP contribution in [0.5, 0.6) is 5.75 Å². The minimum absolute atomic E-state index is 0.0528. The summed E-state index contributed by atoms with van der Waals surface area (Å²) < 4.78 is 5.95. The van der Waals surface area contributed by atoms with E-state index in [1.165, 1.54) is 17.7 Å². The Labute approximate surface area is 360 Å². The van der Waals surface area contributed by atoms with Crippen LogP contribution < -0.4 is 10.9 Å². The fraction of sp³-hybridized carbons (Fsp3) is 0.320. The van der Waals surface area contributed by atoms with Crippen LogP contribution in [0.3, 0.4) is 0 Å². The zero-order valence-corrected chi connectivity index (χ0v) is 34.7. The number of aromatic amines is 1. The van der Waals surface area contributed by atoms with Crippen molar-refractivity contribution in [3.63, 3.8) is 0 Å². The molecule has 0 aliphatic carbocycles.